The number of carbonyl (C=O) groups is 5. The highest BCUT2D eigenvalue weighted by Gasteiger charge is 2.32. The minimum atomic E-state index is -1.16. The number of H-pyrrole nitrogens is 1. The molecule has 294 valence electrons. The summed E-state index contributed by atoms with van der Waals surface area (Å²) in [5.41, 5.74) is 14.6. The molecule has 56 heavy (non-hydrogen) atoms. The van der Waals surface area contributed by atoms with Gasteiger partial charge in [0.2, 0.25) is 29.5 Å². The van der Waals surface area contributed by atoms with Crippen LogP contribution in [-0.2, 0) is 43.2 Å². The first-order valence-electron chi connectivity index (χ1n) is 19.4. The summed E-state index contributed by atoms with van der Waals surface area (Å²) in [4.78, 5) is 71.4. The fourth-order valence-corrected chi connectivity index (χ4v) is 6.83. The average molecular weight is 760 g/mol. The van der Waals surface area contributed by atoms with E-state index >= 15 is 0 Å². The van der Waals surface area contributed by atoms with Crippen molar-refractivity contribution in [3.8, 4) is 0 Å². The van der Waals surface area contributed by atoms with Gasteiger partial charge in [-0.15, -0.1) is 0 Å². The fourth-order valence-electron chi connectivity index (χ4n) is 6.83. The number of para-hydroxylation sites is 1. The minimum Gasteiger partial charge on any atom is -0.368 e. The Hall–Kier alpha value is -6.01. The lowest BCUT2D eigenvalue weighted by molar-refractivity contribution is -0.134. The number of aromatic nitrogens is 1. The van der Waals surface area contributed by atoms with E-state index in [4.69, 9.17) is 11.5 Å². The highest BCUT2D eigenvalue weighted by Crippen LogP contribution is 2.21. The van der Waals surface area contributed by atoms with Gasteiger partial charge < -0.3 is 37.7 Å². The molecule has 4 unspecified atom stereocenters. The molecule has 0 radical (unpaired) electrons. The van der Waals surface area contributed by atoms with Crippen molar-refractivity contribution >= 4 is 51.2 Å². The largest absolute Gasteiger partial charge is 0.368 e. The molecule has 5 aromatic rings. The van der Waals surface area contributed by atoms with E-state index in [2.05, 4.69) is 33.2 Å². The maximum atomic E-state index is 14.5. The molecule has 0 saturated carbocycles. The van der Waals surface area contributed by atoms with Crippen molar-refractivity contribution < 1.29 is 24.0 Å². The number of hydrogen-bond acceptors (Lipinski definition) is 6. The van der Waals surface area contributed by atoms with Crippen molar-refractivity contribution in [2.75, 3.05) is 6.54 Å². The molecule has 0 bridgehead atoms. The lowest BCUT2D eigenvalue weighted by Gasteiger charge is -2.26. The first-order chi connectivity index (χ1) is 27.1. The molecule has 0 aliphatic carbocycles. The van der Waals surface area contributed by atoms with Crippen molar-refractivity contribution in [1.29, 1.82) is 0 Å². The van der Waals surface area contributed by atoms with E-state index in [9.17, 15) is 24.0 Å². The Bertz CT molecular complexity index is 2100. The van der Waals surface area contributed by atoms with E-state index in [1.807, 2.05) is 97.1 Å². The van der Waals surface area contributed by atoms with E-state index in [0.29, 0.717) is 19.4 Å². The number of nitrogens with one attached hydrogen (secondary N) is 5. The zero-order valence-electron chi connectivity index (χ0n) is 31.9. The van der Waals surface area contributed by atoms with Gasteiger partial charge in [-0.3, -0.25) is 24.0 Å². The van der Waals surface area contributed by atoms with Crippen molar-refractivity contribution in [3.63, 3.8) is 0 Å². The zero-order chi connectivity index (χ0) is 39.9. The fraction of sp³-hybridized carbons (Fsp3) is 0.341. The number of primary amides is 1. The molecule has 0 aliphatic rings. The molecule has 0 saturated heterocycles. The molecule has 12 heteroatoms. The Morgan fingerprint density at radius 2 is 1.23 bits per heavy atom. The minimum absolute atomic E-state index is 0.0782. The Kier molecular flexibility index (Phi) is 15.1. The summed E-state index contributed by atoms with van der Waals surface area (Å²) in [6.45, 7) is 2.35. The Morgan fingerprint density at radius 1 is 0.625 bits per heavy atom. The molecule has 5 amide bonds. The maximum Gasteiger partial charge on any atom is 0.243 e. The van der Waals surface area contributed by atoms with Gasteiger partial charge in [-0.05, 0) is 59.3 Å². The summed E-state index contributed by atoms with van der Waals surface area (Å²) in [7, 11) is 0. The molecule has 9 N–H and O–H groups in total. The Morgan fingerprint density at radius 3 is 1.93 bits per heavy atom. The molecule has 1 heterocycles. The van der Waals surface area contributed by atoms with Crippen LogP contribution >= 0.6 is 0 Å². The van der Waals surface area contributed by atoms with Gasteiger partial charge in [0, 0.05) is 42.8 Å². The van der Waals surface area contributed by atoms with Crippen LogP contribution in [0.1, 0.15) is 62.1 Å². The van der Waals surface area contributed by atoms with Crippen LogP contribution in [0.4, 0.5) is 0 Å². The van der Waals surface area contributed by atoms with Crippen molar-refractivity contribution in [1.82, 2.24) is 26.3 Å². The van der Waals surface area contributed by atoms with Crippen molar-refractivity contribution in [2.45, 2.75) is 88.9 Å². The number of fused-ring (bicyclic) bond motifs is 2. The monoisotopic (exact) mass is 759 g/mol. The van der Waals surface area contributed by atoms with E-state index in [0.717, 1.165) is 51.2 Å². The Labute approximate surface area is 327 Å². The molecule has 4 aromatic carbocycles. The quantitative estimate of drug-likeness (QED) is 0.0550. The molecule has 1 aromatic heterocycles. The third-order valence-electron chi connectivity index (χ3n) is 9.92. The number of carbonyl (C=O) groups excluding carboxylic acids is 5. The van der Waals surface area contributed by atoms with Gasteiger partial charge in [-0.2, -0.15) is 0 Å². The number of unbranched alkanes of at least 4 members (excludes halogenated alkanes) is 2. The van der Waals surface area contributed by atoms with Gasteiger partial charge >= 0.3 is 0 Å². The van der Waals surface area contributed by atoms with Crippen LogP contribution in [0, 0.1) is 0 Å². The summed E-state index contributed by atoms with van der Waals surface area (Å²) < 4.78 is 0. The van der Waals surface area contributed by atoms with Crippen LogP contribution in [0.5, 0.6) is 0 Å². The van der Waals surface area contributed by atoms with E-state index in [-0.39, 0.29) is 38.0 Å². The summed E-state index contributed by atoms with van der Waals surface area (Å²) in [5.74, 6) is -2.73. The van der Waals surface area contributed by atoms with E-state index in [1.54, 1.807) is 6.20 Å². The van der Waals surface area contributed by atoms with E-state index in [1.165, 1.54) is 0 Å². The summed E-state index contributed by atoms with van der Waals surface area (Å²) in [6.07, 6.45) is 5.65. The second-order valence-corrected chi connectivity index (χ2v) is 14.2. The molecule has 0 fully saturated rings. The van der Waals surface area contributed by atoms with Crippen molar-refractivity contribution in [3.05, 3.63) is 120 Å². The van der Waals surface area contributed by atoms with Crippen LogP contribution in [0.25, 0.3) is 21.7 Å². The predicted molar refractivity (Wildman–Crippen MR) is 219 cm³/mol. The van der Waals surface area contributed by atoms with Crippen LogP contribution in [0.2, 0.25) is 0 Å². The number of aromatic amines is 1. The SMILES string of the molecule is CCCCCC(=O)NC(Cc1ccccc1)C(=O)NC(Cc1c[nH]c2ccccc12)C(=O)NC(Cc1ccc2ccccc2c1)C(=O)NC(CCCN)C(N)=O. The molecule has 0 aliphatic heterocycles. The first kappa shape index (κ1) is 41.2. The first-order valence-corrected chi connectivity index (χ1v) is 19.4. The van der Waals surface area contributed by atoms with Crippen LogP contribution in [0.3, 0.4) is 0 Å². The van der Waals surface area contributed by atoms with Gasteiger partial charge in [0.1, 0.15) is 24.2 Å². The van der Waals surface area contributed by atoms with Gasteiger partial charge in [0.25, 0.3) is 0 Å². The Balaban J connectivity index is 1.45. The van der Waals surface area contributed by atoms with Gasteiger partial charge in [0.05, 0.1) is 0 Å². The van der Waals surface area contributed by atoms with Gasteiger partial charge in [-0.25, -0.2) is 0 Å². The van der Waals surface area contributed by atoms with E-state index < -0.39 is 47.8 Å². The normalized spacial score (nSPS) is 13.3. The smallest absolute Gasteiger partial charge is 0.243 e. The van der Waals surface area contributed by atoms with Gasteiger partial charge in [0.15, 0.2) is 0 Å². The predicted octanol–water partition coefficient (Wildman–Crippen LogP) is 4.09. The summed E-state index contributed by atoms with van der Waals surface area (Å²) in [6, 6.07) is 26.3. The summed E-state index contributed by atoms with van der Waals surface area (Å²) in [5, 5.41) is 14.3. The standard InChI is InChI=1S/C44H53N7O5/c1-2-3-5-20-40(52)48-37(25-29-13-6-4-7-14-29)42(54)51-39(27-33-28-47-35-18-11-10-17-34(33)35)44(56)50-38(43(55)49-36(41(46)53)19-12-23-45)26-30-21-22-31-15-8-9-16-32(31)24-30/h4,6-11,13-18,21-22,24,28,36-39,47H,2-3,5,12,19-20,23,25-27,45H2,1H3,(H2,46,53)(H,48,52)(H,49,55)(H,50,56)(H,51,54). The van der Waals surface area contributed by atoms with Gasteiger partial charge in [-0.1, -0.05) is 111 Å². The maximum absolute atomic E-state index is 14.5. The molecular formula is C44H53N7O5. The van der Waals surface area contributed by atoms with Crippen LogP contribution in [-0.4, -0.2) is 65.2 Å². The topological polar surface area (TPSA) is 201 Å². The third-order valence-corrected chi connectivity index (χ3v) is 9.92. The lowest BCUT2D eigenvalue weighted by Crippen LogP contribution is -2.59. The third kappa shape index (κ3) is 11.7. The van der Waals surface area contributed by atoms with Crippen molar-refractivity contribution in [2.24, 2.45) is 11.5 Å². The number of amides is 5. The molecule has 0 spiro atoms. The molecule has 5 rings (SSSR count). The second-order valence-electron chi connectivity index (χ2n) is 14.2. The van der Waals surface area contributed by atoms with Crippen LogP contribution < -0.4 is 32.7 Å². The van der Waals surface area contributed by atoms with Crippen LogP contribution in [0.15, 0.2) is 103 Å². The zero-order valence-corrected chi connectivity index (χ0v) is 31.9. The highest BCUT2D eigenvalue weighted by atomic mass is 16.2. The second kappa shape index (κ2) is 20.6. The molecule has 4 atom stereocenters. The number of hydrogen-bond donors (Lipinski definition) is 7. The number of nitrogens with two attached hydrogens (primary N) is 2. The lowest BCUT2D eigenvalue weighted by atomic mass is 9.99. The number of benzene rings is 4. The molecular weight excluding hydrogens is 707 g/mol. The highest BCUT2D eigenvalue weighted by molar-refractivity contribution is 5.96. The number of rotatable bonds is 21. The summed E-state index contributed by atoms with van der Waals surface area (Å²) >= 11 is 0. The average Bonchev–Trinajstić information content (AvgIpc) is 3.61. The molecule has 12 nitrogen and oxygen atoms in total.